The molecule has 6 rings (SSSR count). The number of anilines is 3. The van der Waals surface area contributed by atoms with E-state index in [1.807, 2.05) is 35.0 Å². The zero-order chi connectivity index (χ0) is 22.2. The van der Waals surface area contributed by atoms with E-state index >= 15 is 0 Å². The summed E-state index contributed by atoms with van der Waals surface area (Å²) in [5.74, 6) is 0.256. The quantitative estimate of drug-likeness (QED) is 0.429. The summed E-state index contributed by atoms with van der Waals surface area (Å²) in [6.45, 7) is 3.44. The van der Waals surface area contributed by atoms with Crippen molar-refractivity contribution >= 4 is 33.7 Å². The lowest BCUT2D eigenvalue weighted by Gasteiger charge is -2.22. The van der Waals surface area contributed by atoms with E-state index in [0.29, 0.717) is 33.6 Å². The molecule has 1 aliphatic rings. The van der Waals surface area contributed by atoms with E-state index in [9.17, 15) is 4.39 Å². The van der Waals surface area contributed by atoms with Gasteiger partial charge >= 0.3 is 0 Å². The van der Waals surface area contributed by atoms with E-state index in [1.165, 1.54) is 18.0 Å². The molecule has 0 amide bonds. The maximum Gasteiger partial charge on any atom is 0.180 e. The number of ether oxygens (including phenoxy) is 1. The topological polar surface area (TPSA) is 83.4 Å². The van der Waals surface area contributed by atoms with Crippen molar-refractivity contribution in [2.24, 2.45) is 0 Å². The number of halogens is 1. The number of fused-ring (bicyclic) bond motifs is 2. The number of aromatic amines is 1. The molecule has 9 heteroatoms. The van der Waals surface area contributed by atoms with Crippen LogP contribution in [0.5, 0.6) is 0 Å². The molecule has 33 heavy (non-hydrogen) atoms. The summed E-state index contributed by atoms with van der Waals surface area (Å²) in [6.07, 6.45) is 7.92. The van der Waals surface area contributed by atoms with Gasteiger partial charge in [-0.05, 0) is 42.8 Å². The Labute approximate surface area is 189 Å². The van der Waals surface area contributed by atoms with Gasteiger partial charge in [-0.3, -0.25) is 5.10 Å². The molecule has 2 N–H and O–H groups in total. The number of nitrogens with zero attached hydrogens (tertiary/aromatic N) is 5. The predicted molar refractivity (Wildman–Crippen MR) is 125 cm³/mol. The zero-order valence-corrected chi connectivity index (χ0v) is 17.8. The number of benzene rings is 2. The van der Waals surface area contributed by atoms with Gasteiger partial charge in [-0.1, -0.05) is 0 Å². The van der Waals surface area contributed by atoms with Gasteiger partial charge in [0.1, 0.15) is 5.82 Å². The molecule has 4 heterocycles. The third-order valence-electron chi connectivity index (χ3n) is 5.90. The summed E-state index contributed by atoms with van der Waals surface area (Å²) < 4.78 is 22.0. The molecule has 1 fully saturated rings. The summed E-state index contributed by atoms with van der Waals surface area (Å²) in [4.78, 5) is 11.5. The molecule has 1 saturated heterocycles. The van der Waals surface area contributed by atoms with Crippen molar-refractivity contribution in [1.29, 1.82) is 0 Å². The van der Waals surface area contributed by atoms with Crippen molar-refractivity contribution in [3.8, 4) is 11.3 Å². The largest absolute Gasteiger partial charge is 0.380 e. The number of imidazole rings is 1. The second kappa shape index (κ2) is 8.18. The first kappa shape index (κ1) is 19.7. The van der Waals surface area contributed by atoms with Crippen LogP contribution in [0.15, 0.2) is 61.2 Å². The zero-order valence-electron chi connectivity index (χ0n) is 17.8. The van der Waals surface area contributed by atoms with Crippen LogP contribution in [0, 0.1) is 5.82 Å². The van der Waals surface area contributed by atoms with Gasteiger partial charge in [0.05, 0.1) is 29.4 Å². The number of hydrogen-bond donors (Lipinski definition) is 2. The van der Waals surface area contributed by atoms with Crippen LogP contribution in [-0.4, -0.2) is 50.9 Å². The van der Waals surface area contributed by atoms with Crippen LogP contribution >= 0.6 is 0 Å². The second-order valence-electron chi connectivity index (χ2n) is 8.05. The second-order valence-corrected chi connectivity index (χ2v) is 8.05. The minimum absolute atomic E-state index is 0.340. The van der Waals surface area contributed by atoms with Crippen LogP contribution in [0.25, 0.3) is 27.8 Å². The van der Waals surface area contributed by atoms with Crippen LogP contribution in [0.2, 0.25) is 0 Å². The third-order valence-corrected chi connectivity index (χ3v) is 5.90. The number of hydrogen-bond acceptors (Lipinski definition) is 6. The van der Waals surface area contributed by atoms with Crippen LogP contribution in [0.1, 0.15) is 6.42 Å². The van der Waals surface area contributed by atoms with Gasteiger partial charge in [0.15, 0.2) is 11.5 Å². The Kier molecular flexibility index (Phi) is 4.88. The highest BCUT2D eigenvalue weighted by atomic mass is 19.1. The summed E-state index contributed by atoms with van der Waals surface area (Å²) in [5, 5.41) is 10.6. The number of aromatic nitrogens is 5. The smallest absolute Gasteiger partial charge is 0.180 e. The fraction of sp³-hybridized carbons (Fsp3) is 0.208. The highest BCUT2D eigenvalue weighted by molar-refractivity contribution is 5.84. The molecule has 3 aromatic heterocycles. The molecule has 0 radical (unpaired) electrons. The Hall–Kier alpha value is -3.98. The molecule has 0 bridgehead atoms. The minimum atomic E-state index is -0.340. The molecule has 0 unspecified atom stereocenters. The van der Waals surface area contributed by atoms with E-state index in [0.717, 1.165) is 38.4 Å². The van der Waals surface area contributed by atoms with Crippen LogP contribution in [-0.2, 0) is 4.74 Å². The fourth-order valence-electron chi connectivity index (χ4n) is 4.21. The van der Waals surface area contributed by atoms with Gasteiger partial charge in [-0.15, -0.1) is 0 Å². The average molecular weight is 443 g/mol. The Bertz CT molecular complexity index is 1420. The van der Waals surface area contributed by atoms with Crippen molar-refractivity contribution in [3.63, 3.8) is 0 Å². The molecule has 0 aliphatic carbocycles. The first-order valence-corrected chi connectivity index (χ1v) is 10.9. The molecular formula is C24H22FN7O. The first-order valence-electron chi connectivity index (χ1n) is 10.9. The lowest BCUT2D eigenvalue weighted by Crippen LogP contribution is -2.25. The summed E-state index contributed by atoms with van der Waals surface area (Å²) in [7, 11) is 0. The van der Waals surface area contributed by atoms with Crippen LogP contribution in [0.4, 0.5) is 21.6 Å². The molecule has 166 valence electrons. The van der Waals surface area contributed by atoms with E-state index in [-0.39, 0.29) is 5.82 Å². The summed E-state index contributed by atoms with van der Waals surface area (Å²) in [5.41, 5.74) is 4.66. The maximum atomic E-state index is 14.5. The third kappa shape index (κ3) is 3.76. The highest BCUT2D eigenvalue weighted by Gasteiger charge is 2.14. The Morgan fingerprint density at radius 3 is 2.91 bits per heavy atom. The van der Waals surface area contributed by atoms with Gasteiger partial charge < -0.3 is 19.4 Å². The molecule has 5 aromatic rings. The lowest BCUT2D eigenvalue weighted by molar-refractivity contribution is 0.152. The standard InChI is InChI=1S/C24H22FN7O/c25-20-12-16(13-21-19(20)14-27-30-21)22-15-32-8-6-26-24(32)23(29-22)28-17-2-4-18(5-3-17)31-7-1-10-33-11-9-31/h2-6,8,12-15H,1,7,9-11H2,(H,27,30)(H,28,29). The van der Waals surface area contributed by atoms with Crippen LogP contribution < -0.4 is 10.2 Å². The monoisotopic (exact) mass is 443 g/mol. The fourth-order valence-corrected chi connectivity index (χ4v) is 4.21. The molecule has 2 aromatic carbocycles. The number of rotatable bonds is 4. The minimum Gasteiger partial charge on any atom is -0.380 e. The van der Waals surface area contributed by atoms with Gasteiger partial charge in [0.2, 0.25) is 0 Å². The van der Waals surface area contributed by atoms with Crippen molar-refractivity contribution in [2.75, 3.05) is 36.5 Å². The Morgan fingerprint density at radius 2 is 2.00 bits per heavy atom. The van der Waals surface area contributed by atoms with Crippen molar-refractivity contribution in [3.05, 3.63) is 67.0 Å². The normalized spacial score (nSPS) is 14.6. The SMILES string of the molecule is Fc1cc(-c2cn3ccnc3c(Nc3ccc(N4CCCOCC4)cc3)n2)cc2[nH]ncc12. The molecule has 0 atom stereocenters. The van der Waals surface area contributed by atoms with Crippen molar-refractivity contribution in [2.45, 2.75) is 6.42 Å². The lowest BCUT2D eigenvalue weighted by atomic mass is 10.1. The molecule has 8 nitrogen and oxygen atoms in total. The Morgan fingerprint density at radius 1 is 1.09 bits per heavy atom. The number of H-pyrrole nitrogens is 1. The summed E-state index contributed by atoms with van der Waals surface area (Å²) in [6, 6.07) is 11.6. The van der Waals surface area contributed by atoms with E-state index in [2.05, 4.69) is 37.5 Å². The average Bonchev–Trinajstić information content (AvgIpc) is 3.43. The Balaban J connectivity index is 1.33. The van der Waals surface area contributed by atoms with Crippen molar-refractivity contribution in [1.82, 2.24) is 24.6 Å². The maximum absolute atomic E-state index is 14.5. The van der Waals surface area contributed by atoms with Gasteiger partial charge in [0.25, 0.3) is 0 Å². The molecule has 0 spiro atoms. The molecular weight excluding hydrogens is 421 g/mol. The van der Waals surface area contributed by atoms with E-state index in [4.69, 9.17) is 9.72 Å². The van der Waals surface area contributed by atoms with Gasteiger partial charge in [0, 0.05) is 55.2 Å². The summed E-state index contributed by atoms with van der Waals surface area (Å²) >= 11 is 0. The number of nitrogens with one attached hydrogen (secondary N) is 2. The highest BCUT2D eigenvalue weighted by Crippen LogP contribution is 2.28. The van der Waals surface area contributed by atoms with Gasteiger partial charge in [-0.2, -0.15) is 5.10 Å². The van der Waals surface area contributed by atoms with Crippen molar-refractivity contribution < 1.29 is 9.13 Å². The predicted octanol–water partition coefficient (Wildman–Crippen LogP) is 4.38. The van der Waals surface area contributed by atoms with E-state index in [1.54, 1.807) is 6.20 Å². The van der Waals surface area contributed by atoms with Crippen LogP contribution in [0.3, 0.4) is 0 Å². The molecule has 0 saturated carbocycles. The first-order chi connectivity index (χ1) is 16.2. The van der Waals surface area contributed by atoms with Gasteiger partial charge in [-0.25, -0.2) is 14.4 Å². The van der Waals surface area contributed by atoms with E-state index < -0.39 is 0 Å². The molecule has 1 aliphatic heterocycles.